The fourth-order valence-electron chi connectivity index (χ4n) is 3.68. The van der Waals surface area contributed by atoms with Gasteiger partial charge in [0.2, 0.25) is 0 Å². The molecule has 0 N–H and O–H groups in total. The van der Waals surface area contributed by atoms with E-state index in [1.165, 1.54) is 5.56 Å². The molecular formula is C19H27NO3. The van der Waals surface area contributed by atoms with Gasteiger partial charge in [0.05, 0.1) is 31.9 Å². The summed E-state index contributed by atoms with van der Waals surface area (Å²) in [5.74, 6) is 1.41. The van der Waals surface area contributed by atoms with Gasteiger partial charge in [-0.2, -0.15) is 0 Å². The van der Waals surface area contributed by atoms with Crippen LogP contribution in [0.3, 0.4) is 0 Å². The van der Waals surface area contributed by atoms with Crippen molar-refractivity contribution in [1.82, 2.24) is 4.90 Å². The molecule has 0 aliphatic carbocycles. The molecule has 3 rings (SSSR count). The number of hydrogen-bond acceptors (Lipinski definition) is 3. The van der Waals surface area contributed by atoms with E-state index < -0.39 is 0 Å². The molecule has 4 nitrogen and oxygen atoms in total. The molecule has 2 aliphatic rings. The second-order valence-electron chi connectivity index (χ2n) is 6.63. The van der Waals surface area contributed by atoms with Crippen LogP contribution in [-0.4, -0.2) is 42.7 Å². The molecular weight excluding hydrogens is 290 g/mol. The van der Waals surface area contributed by atoms with E-state index in [9.17, 15) is 4.79 Å². The Bertz CT molecular complexity index is 556. The smallest absolute Gasteiger partial charge is 0.254 e. The van der Waals surface area contributed by atoms with Crippen LogP contribution in [0.5, 0.6) is 5.75 Å². The highest BCUT2D eigenvalue weighted by molar-refractivity contribution is 5.95. The fourth-order valence-corrected chi connectivity index (χ4v) is 3.68. The van der Waals surface area contributed by atoms with Gasteiger partial charge in [0, 0.05) is 5.56 Å². The molecule has 2 bridgehead atoms. The maximum atomic E-state index is 13.0. The topological polar surface area (TPSA) is 38.8 Å². The lowest BCUT2D eigenvalue weighted by atomic mass is 9.96. The molecule has 126 valence electrons. The van der Waals surface area contributed by atoms with E-state index in [0.717, 1.165) is 30.6 Å². The van der Waals surface area contributed by atoms with Crippen molar-refractivity contribution < 1.29 is 14.3 Å². The summed E-state index contributed by atoms with van der Waals surface area (Å²) >= 11 is 0. The molecule has 1 aromatic rings. The zero-order valence-corrected chi connectivity index (χ0v) is 14.4. The van der Waals surface area contributed by atoms with Gasteiger partial charge in [-0.3, -0.25) is 4.79 Å². The van der Waals surface area contributed by atoms with Crippen LogP contribution in [0, 0.1) is 0 Å². The molecule has 0 saturated carbocycles. The highest BCUT2D eigenvalue weighted by Gasteiger charge is 2.40. The van der Waals surface area contributed by atoms with Gasteiger partial charge in [0.15, 0.2) is 0 Å². The average molecular weight is 317 g/mol. The van der Waals surface area contributed by atoms with Crippen LogP contribution in [0.25, 0.3) is 0 Å². The van der Waals surface area contributed by atoms with E-state index in [1.54, 1.807) is 0 Å². The molecule has 4 heteroatoms. The minimum atomic E-state index is 0.123. The van der Waals surface area contributed by atoms with Crippen molar-refractivity contribution in [3.05, 3.63) is 29.3 Å². The fraction of sp³-hybridized carbons (Fsp3) is 0.632. The lowest BCUT2D eigenvalue weighted by molar-refractivity contribution is -0.00717. The van der Waals surface area contributed by atoms with Gasteiger partial charge < -0.3 is 14.4 Å². The number of morpholine rings is 1. The van der Waals surface area contributed by atoms with Crippen LogP contribution in [0.2, 0.25) is 0 Å². The van der Waals surface area contributed by atoms with Crippen LogP contribution in [0.1, 0.15) is 61.9 Å². The van der Waals surface area contributed by atoms with Crippen LogP contribution in [-0.2, 0) is 4.74 Å². The molecule has 23 heavy (non-hydrogen) atoms. The lowest BCUT2D eigenvalue weighted by Crippen LogP contribution is -2.49. The Balaban J connectivity index is 1.87. The number of nitrogens with zero attached hydrogens (tertiary/aromatic N) is 1. The molecule has 0 radical (unpaired) electrons. The predicted molar refractivity (Wildman–Crippen MR) is 90.1 cm³/mol. The number of carbonyl (C=O) groups is 1. The van der Waals surface area contributed by atoms with Gasteiger partial charge >= 0.3 is 0 Å². The zero-order valence-electron chi connectivity index (χ0n) is 14.4. The quantitative estimate of drug-likeness (QED) is 0.833. The third-order valence-electron chi connectivity index (χ3n) is 5.18. The summed E-state index contributed by atoms with van der Waals surface area (Å²) in [7, 11) is 0. The van der Waals surface area contributed by atoms with Crippen molar-refractivity contribution in [2.24, 2.45) is 0 Å². The number of amides is 1. The highest BCUT2D eigenvalue weighted by Crippen LogP contribution is 2.33. The monoisotopic (exact) mass is 317 g/mol. The van der Waals surface area contributed by atoms with Crippen molar-refractivity contribution >= 4 is 5.91 Å². The molecule has 1 amide bonds. The average Bonchev–Trinajstić information content (AvgIpc) is 2.82. The second-order valence-corrected chi connectivity index (χ2v) is 6.63. The van der Waals surface area contributed by atoms with E-state index in [2.05, 4.69) is 19.9 Å². The van der Waals surface area contributed by atoms with Crippen LogP contribution < -0.4 is 4.74 Å². The molecule has 1 aromatic carbocycles. The maximum absolute atomic E-state index is 13.0. The molecule has 0 aromatic heterocycles. The zero-order chi connectivity index (χ0) is 16.4. The number of ether oxygens (including phenoxy) is 2. The lowest BCUT2D eigenvalue weighted by Gasteiger charge is -2.34. The van der Waals surface area contributed by atoms with E-state index in [0.29, 0.717) is 25.7 Å². The summed E-state index contributed by atoms with van der Waals surface area (Å²) in [6, 6.07) is 6.44. The van der Waals surface area contributed by atoms with Crippen LogP contribution in [0.4, 0.5) is 0 Å². The van der Waals surface area contributed by atoms with Crippen LogP contribution in [0.15, 0.2) is 18.2 Å². The standard InChI is InChI=1S/C19H27NO3/c1-4-13(3)17-9-6-14(10-18(17)23-5-2)19(21)20-15-7-8-16(20)12-22-11-15/h6,9-10,13,15-16H,4-5,7-8,11-12H2,1-3H3. The maximum Gasteiger partial charge on any atom is 0.254 e. The largest absolute Gasteiger partial charge is 0.494 e. The van der Waals surface area contributed by atoms with E-state index in [4.69, 9.17) is 9.47 Å². The Morgan fingerprint density at radius 2 is 2.00 bits per heavy atom. The first-order chi connectivity index (χ1) is 11.2. The molecule has 2 saturated heterocycles. The van der Waals surface area contributed by atoms with Crippen molar-refractivity contribution in [3.8, 4) is 5.75 Å². The van der Waals surface area contributed by atoms with Gasteiger partial charge in [-0.05, 0) is 49.8 Å². The summed E-state index contributed by atoms with van der Waals surface area (Å²) in [6.07, 6.45) is 3.17. The Morgan fingerprint density at radius 3 is 2.61 bits per heavy atom. The first-order valence-electron chi connectivity index (χ1n) is 8.82. The predicted octanol–water partition coefficient (Wildman–Crippen LogP) is 3.60. The van der Waals surface area contributed by atoms with E-state index in [-0.39, 0.29) is 18.0 Å². The summed E-state index contributed by atoms with van der Waals surface area (Å²) < 4.78 is 11.4. The molecule has 3 unspecified atom stereocenters. The highest BCUT2D eigenvalue weighted by atomic mass is 16.5. The second kappa shape index (κ2) is 6.91. The van der Waals surface area contributed by atoms with Crippen molar-refractivity contribution in [3.63, 3.8) is 0 Å². The molecule has 2 heterocycles. The number of fused-ring (bicyclic) bond motifs is 2. The van der Waals surface area contributed by atoms with Crippen molar-refractivity contribution in [2.45, 2.75) is 58.0 Å². The van der Waals surface area contributed by atoms with Gasteiger partial charge in [-0.1, -0.05) is 19.9 Å². The third-order valence-corrected chi connectivity index (χ3v) is 5.18. The SMILES string of the molecule is CCOc1cc(C(=O)N2C3CCC2COC3)ccc1C(C)CC. The molecule has 0 spiro atoms. The van der Waals surface area contributed by atoms with Crippen LogP contribution >= 0.6 is 0 Å². The number of benzene rings is 1. The van der Waals surface area contributed by atoms with Crippen molar-refractivity contribution in [1.29, 1.82) is 0 Å². The molecule has 3 atom stereocenters. The van der Waals surface area contributed by atoms with Gasteiger partial charge in [-0.25, -0.2) is 0 Å². The Labute approximate surface area is 138 Å². The number of rotatable bonds is 5. The molecule has 2 fully saturated rings. The first-order valence-corrected chi connectivity index (χ1v) is 8.82. The first kappa shape index (κ1) is 16.3. The summed E-state index contributed by atoms with van der Waals surface area (Å²) in [5, 5.41) is 0. The Hall–Kier alpha value is -1.55. The van der Waals surface area contributed by atoms with E-state index >= 15 is 0 Å². The van der Waals surface area contributed by atoms with Gasteiger partial charge in [-0.15, -0.1) is 0 Å². The summed E-state index contributed by atoms with van der Waals surface area (Å²) in [4.78, 5) is 15.0. The number of carbonyl (C=O) groups excluding carboxylic acids is 1. The molecule has 2 aliphatic heterocycles. The summed E-state index contributed by atoms with van der Waals surface area (Å²) in [6.45, 7) is 8.31. The minimum Gasteiger partial charge on any atom is -0.494 e. The Morgan fingerprint density at radius 1 is 1.30 bits per heavy atom. The van der Waals surface area contributed by atoms with Gasteiger partial charge in [0.25, 0.3) is 5.91 Å². The Kier molecular flexibility index (Phi) is 4.90. The normalized spacial score (nSPS) is 24.6. The third kappa shape index (κ3) is 3.09. The number of hydrogen-bond donors (Lipinski definition) is 0. The van der Waals surface area contributed by atoms with Crippen molar-refractivity contribution in [2.75, 3.05) is 19.8 Å². The van der Waals surface area contributed by atoms with E-state index in [1.807, 2.05) is 24.0 Å². The van der Waals surface area contributed by atoms with Gasteiger partial charge in [0.1, 0.15) is 5.75 Å². The summed E-state index contributed by atoms with van der Waals surface area (Å²) in [5.41, 5.74) is 1.93. The minimum absolute atomic E-state index is 0.123.